The van der Waals surface area contributed by atoms with Gasteiger partial charge in [0.2, 0.25) is 10.0 Å². The molecule has 1 aliphatic heterocycles. The molecule has 0 spiro atoms. The molecular weight excluding hydrogens is 210 g/mol. The van der Waals surface area contributed by atoms with Crippen LogP contribution in [0.2, 0.25) is 0 Å². The average Bonchev–Trinajstić information content (AvgIpc) is 1.93. The largest absolute Gasteiger partial charge is 0.214 e. The van der Waals surface area contributed by atoms with Gasteiger partial charge in [0.05, 0.1) is 5.75 Å². The van der Waals surface area contributed by atoms with Crippen molar-refractivity contribution in [2.45, 2.75) is 40.5 Å². The van der Waals surface area contributed by atoms with E-state index < -0.39 is 10.0 Å². The van der Waals surface area contributed by atoms with Gasteiger partial charge in [-0.15, -0.1) is 0 Å². The lowest BCUT2D eigenvalue weighted by atomic mass is 9.82. The van der Waals surface area contributed by atoms with Crippen LogP contribution in [-0.4, -0.2) is 31.6 Å². The van der Waals surface area contributed by atoms with Crippen molar-refractivity contribution in [2.24, 2.45) is 11.3 Å². The van der Waals surface area contributed by atoms with Crippen LogP contribution < -0.4 is 0 Å². The summed E-state index contributed by atoms with van der Waals surface area (Å²) in [5.74, 6) is 0.867. The van der Waals surface area contributed by atoms with Gasteiger partial charge in [0.15, 0.2) is 0 Å². The zero-order chi connectivity index (χ0) is 11.7. The number of rotatable bonds is 4. The fraction of sp³-hybridized carbons (Fsp3) is 1.00. The van der Waals surface area contributed by atoms with Gasteiger partial charge >= 0.3 is 0 Å². The van der Waals surface area contributed by atoms with Gasteiger partial charge in [0.25, 0.3) is 0 Å². The zero-order valence-electron chi connectivity index (χ0n) is 10.3. The molecule has 0 unspecified atom stereocenters. The Bertz CT molecular complexity index is 297. The summed E-state index contributed by atoms with van der Waals surface area (Å²) in [4.78, 5) is 0. The third-order valence-corrected chi connectivity index (χ3v) is 4.69. The van der Waals surface area contributed by atoms with Crippen molar-refractivity contribution in [2.75, 3.05) is 18.8 Å². The standard InChI is InChI=1S/C11H23NO2S/c1-5-6-15(13,14)12-8-10(9-12)7-11(2,3)4/h10H,5-9H2,1-4H3. The lowest BCUT2D eigenvalue weighted by molar-refractivity contribution is 0.144. The highest BCUT2D eigenvalue weighted by molar-refractivity contribution is 7.89. The van der Waals surface area contributed by atoms with E-state index in [0.717, 1.165) is 19.5 Å². The number of hydrogen-bond acceptors (Lipinski definition) is 2. The van der Waals surface area contributed by atoms with Crippen LogP contribution >= 0.6 is 0 Å². The predicted octanol–water partition coefficient (Wildman–Crippen LogP) is 2.09. The Morgan fingerprint density at radius 3 is 2.20 bits per heavy atom. The van der Waals surface area contributed by atoms with Crippen LogP contribution in [0.5, 0.6) is 0 Å². The molecule has 1 rings (SSSR count). The van der Waals surface area contributed by atoms with Crippen LogP contribution in [0.1, 0.15) is 40.5 Å². The van der Waals surface area contributed by atoms with E-state index >= 15 is 0 Å². The maximum atomic E-state index is 11.6. The molecule has 1 saturated heterocycles. The Morgan fingerprint density at radius 2 is 1.80 bits per heavy atom. The highest BCUT2D eigenvalue weighted by Crippen LogP contribution is 2.31. The van der Waals surface area contributed by atoms with Gasteiger partial charge in [-0.25, -0.2) is 12.7 Å². The number of hydrogen-bond donors (Lipinski definition) is 0. The second kappa shape index (κ2) is 4.42. The molecule has 90 valence electrons. The topological polar surface area (TPSA) is 37.4 Å². The van der Waals surface area contributed by atoms with Crippen molar-refractivity contribution in [3.05, 3.63) is 0 Å². The smallest absolute Gasteiger partial charge is 0.212 e. The third kappa shape index (κ3) is 3.76. The van der Waals surface area contributed by atoms with E-state index in [1.54, 1.807) is 4.31 Å². The van der Waals surface area contributed by atoms with Crippen molar-refractivity contribution < 1.29 is 8.42 Å². The minimum Gasteiger partial charge on any atom is -0.212 e. The van der Waals surface area contributed by atoms with Crippen molar-refractivity contribution in [3.8, 4) is 0 Å². The van der Waals surface area contributed by atoms with Gasteiger partial charge in [-0.3, -0.25) is 0 Å². The molecule has 0 aromatic rings. The van der Waals surface area contributed by atoms with Gasteiger partial charge in [0, 0.05) is 13.1 Å². The van der Waals surface area contributed by atoms with E-state index in [1.807, 2.05) is 6.92 Å². The van der Waals surface area contributed by atoms with Crippen LogP contribution in [0.25, 0.3) is 0 Å². The summed E-state index contributed by atoms with van der Waals surface area (Å²) in [5.41, 5.74) is 0.311. The zero-order valence-corrected chi connectivity index (χ0v) is 11.1. The van der Waals surface area contributed by atoms with Crippen LogP contribution in [0.4, 0.5) is 0 Å². The normalized spacial score (nSPS) is 20.3. The number of nitrogens with zero attached hydrogens (tertiary/aromatic N) is 1. The molecule has 0 saturated carbocycles. The first kappa shape index (κ1) is 13.0. The summed E-state index contributed by atoms with van der Waals surface area (Å²) in [7, 11) is -2.93. The van der Waals surface area contributed by atoms with E-state index in [0.29, 0.717) is 23.5 Å². The SMILES string of the molecule is CCCS(=O)(=O)N1CC(CC(C)(C)C)C1. The van der Waals surface area contributed by atoms with Crippen LogP contribution in [0.3, 0.4) is 0 Å². The summed E-state index contributed by atoms with van der Waals surface area (Å²) in [5, 5.41) is 0. The summed E-state index contributed by atoms with van der Waals surface area (Å²) >= 11 is 0. The lowest BCUT2D eigenvalue weighted by Crippen LogP contribution is -2.51. The van der Waals surface area contributed by atoms with Crippen LogP contribution in [-0.2, 0) is 10.0 Å². The summed E-state index contributed by atoms with van der Waals surface area (Å²) in [6, 6.07) is 0. The first-order valence-electron chi connectivity index (χ1n) is 5.72. The highest BCUT2D eigenvalue weighted by atomic mass is 32.2. The maximum absolute atomic E-state index is 11.6. The van der Waals surface area contributed by atoms with Gasteiger partial charge in [-0.2, -0.15) is 0 Å². The molecule has 15 heavy (non-hydrogen) atoms. The molecule has 0 aromatic heterocycles. The fourth-order valence-electron chi connectivity index (χ4n) is 2.13. The lowest BCUT2D eigenvalue weighted by Gasteiger charge is -2.41. The third-order valence-electron chi connectivity index (χ3n) is 2.68. The molecular formula is C11H23NO2S. The van der Waals surface area contributed by atoms with Crippen molar-refractivity contribution >= 4 is 10.0 Å². The van der Waals surface area contributed by atoms with Crippen molar-refractivity contribution in [1.82, 2.24) is 4.31 Å². The predicted molar refractivity (Wildman–Crippen MR) is 63.2 cm³/mol. The minimum absolute atomic E-state index is 0.301. The maximum Gasteiger partial charge on any atom is 0.214 e. The van der Waals surface area contributed by atoms with E-state index in [1.165, 1.54) is 0 Å². The minimum atomic E-state index is -2.93. The second-order valence-electron chi connectivity index (χ2n) is 5.76. The van der Waals surface area contributed by atoms with Crippen molar-refractivity contribution in [3.63, 3.8) is 0 Å². The van der Waals surface area contributed by atoms with E-state index in [9.17, 15) is 8.42 Å². The van der Waals surface area contributed by atoms with Gasteiger partial charge < -0.3 is 0 Å². The average molecular weight is 233 g/mol. The fourth-order valence-corrected chi connectivity index (χ4v) is 3.78. The van der Waals surface area contributed by atoms with Gasteiger partial charge in [0.1, 0.15) is 0 Å². The Balaban J connectivity index is 2.38. The first-order valence-corrected chi connectivity index (χ1v) is 7.33. The van der Waals surface area contributed by atoms with E-state index in [2.05, 4.69) is 20.8 Å². The molecule has 0 aromatic carbocycles. The molecule has 0 radical (unpaired) electrons. The Kier molecular flexibility index (Phi) is 3.82. The summed E-state index contributed by atoms with van der Waals surface area (Å²) in [6.07, 6.45) is 1.83. The first-order chi connectivity index (χ1) is 6.74. The monoisotopic (exact) mass is 233 g/mol. The second-order valence-corrected chi connectivity index (χ2v) is 7.85. The summed E-state index contributed by atoms with van der Waals surface area (Å²) in [6.45, 7) is 9.99. The molecule has 0 bridgehead atoms. The Morgan fingerprint density at radius 1 is 1.27 bits per heavy atom. The molecule has 0 atom stereocenters. The number of sulfonamides is 1. The summed E-state index contributed by atoms with van der Waals surface area (Å²) < 4.78 is 24.9. The molecule has 3 nitrogen and oxygen atoms in total. The van der Waals surface area contributed by atoms with Crippen LogP contribution in [0.15, 0.2) is 0 Å². The quantitative estimate of drug-likeness (QED) is 0.745. The van der Waals surface area contributed by atoms with E-state index in [4.69, 9.17) is 0 Å². The van der Waals surface area contributed by atoms with Crippen molar-refractivity contribution in [1.29, 1.82) is 0 Å². The Labute approximate surface area is 93.9 Å². The molecule has 0 amide bonds. The van der Waals surface area contributed by atoms with Gasteiger partial charge in [-0.05, 0) is 24.2 Å². The Hall–Kier alpha value is -0.0900. The molecule has 0 aliphatic carbocycles. The molecule has 0 N–H and O–H groups in total. The molecule has 4 heteroatoms. The van der Waals surface area contributed by atoms with E-state index in [-0.39, 0.29) is 0 Å². The molecule has 1 heterocycles. The van der Waals surface area contributed by atoms with Crippen LogP contribution in [0, 0.1) is 11.3 Å². The molecule has 1 aliphatic rings. The molecule has 1 fully saturated rings. The highest BCUT2D eigenvalue weighted by Gasteiger charge is 2.36. The van der Waals surface area contributed by atoms with Gasteiger partial charge in [-0.1, -0.05) is 27.7 Å².